The van der Waals surface area contributed by atoms with Gasteiger partial charge in [-0.15, -0.1) is 0 Å². The molecule has 2 N–H and O–H groups in total. The first kappa shape index (κ1) is 31.1. The molecule has 0 radical (unpaired) electrons. The van der Waals surface area contributed by atoms with Gasteiger partial charge in [0.2, 0.25) is 11.9 Å². The van der Waals surface area contributed by atoms with E-state index in [0.717, 1.165) is 37.8 Å². The molecular weight excluding hydrogens is 470 g/mol. The number of hydrogen-bond acceptors (Lipinski definition) is 7. The van der Waals surface area contributed by atoms with Crippen LogP contribution >= 0.6 is 0 Å². The van der Waals surface area contributed by atoms with Crippen molar-refractivity contribution in [3.63, 3.8) is 0 Å². The molecule has 2 aliphatic heterocycles. The summed E-state index contributed by atoms with van der Waals surface area (Å²) in [7, 11) is 4.57. The maximum absolute atomic E-state index is 4.59. The van der Waals surface area contributed by atoms with Gasteiger partial charge in [-0.3, -0.25) is 9.80 Å². The van der Waals surface area contributed by atoms with Gasteiger partial charge >= 0.3 is 0 Å². The number of aromatic nitrogens is 3. The van der Waals surface area contributed by atoms with E-state index in [9.17, 15) is 0 Å². The predicted molar refractivity (Wildman–Crippen MR) is 162 cm³/mol. The van der Waals surface area contributed by atoms with Crippen LogP contribution in [0.3, 0.4) is 0 Å². The third-order valence-corrected chi connectivity index (χ3v) is 10.0. The molecule has 2 fully saturated rings. The van der Waals surface area contributed by atoms with E-state index in [1.165, 1.54) is 51.4 Å². The van der Waals surface area contributed by atoms with E-state index in [0.29, 0.717) is 11.9 Å². The highest BCUT2D eigenvalue weighted by molar-refractivity contribution is 5.32. The van der Waals surface area contributed by atoms with Crippen LogP contribution < -0.4 is 10.6 Å². The fraction of sp³-hybridized carbons (Fsp3) is 0.903. The normalized spacial score (nSPS) is 23.8. The summed E-state index contributed by atoms with van der Waals surface area (Å²) in [5.74, 6) is 2.97. The second-order valence-electron chi connectivity index (χ2n) is 14.9. The summed E-state index contributed by atoms with van der Waals surface area (Å²) >= 11 is 0. The van der Waals surface area contributed by atoms with Crippen LogP contribution in [0.2, 0.25) is 0 Å². The fourth-order valence-corrected chi connectivity index (χ4v) is 7.55. The Balaban J connectivity index is 1.31. The molecule has 2 saturated heterocycles. The second-order valence-corrected chi connectivity index (χ2v) is 14.9. The van der Waals surface area contributed by atoms with Gasteiger partial charge in [0.15, 0.2) is 0 Å². The van der Waals surface area contributed by atoms with Gasteiger partial charge in [0.25, 0.3) is 0 Å². The van der Waals surface area contributed by atoms with Gasteiger partial charge in [-0.2, -0.15) is 4.98 Å². The molecule has 0 unspecified atom stereocenters. The molecule has 0 saturated carbocycles. The zero-order chi connectivity index (χ0) is 28.2. The van der Waals surface area contributed by atoms with Crippen molar-refractivity contribution in [2.45, 2.75) is 142 Å². The summed E-state index contributed by atoms with van der Waals surface area (Å²) < 4.78 is 0. The third-order valence-electron chi connectivity index (χ3n) is 10.0. The van der Waals surface area contributed by atoms with E-state index in [4.69, 9.17) is 0 Å². The lowest BCUT2D eigenvalue weighted by Crippen LogP contribution is -2.58. The van der Waals surface area contributed by atoms with Crippen molar-refractivity contribution in [1.82, 2.24) is 24.8 Å². The summed E-state index contributed by atoms with van der Waals surface area (Å²) in [6.45, 7) is 21.0. The predicted octanol–water partition coefficient (Wildman–Crippen LogP) is 6.83. The Bertz CT molecular complexity index is 775. The minimum atomic E-state index is 0.277. The van der Waals surface area contributed by atoms with E-state index >= 15 is 0 Å². The van der Waals surface area contributed by atoms with Gasteiger partial charge < -0.3 is 10.6 Å². The van der Waals surface area contributed by atoms with Crippen molar-refractivity contribution in [3.8, 4) is 0 Å². The van der Waals surface area contributed by atoms with Crippen LogP contribution in [0.1, 0.15) is 120 Å². The number of nitrogens with zero attached hydrogens (tertiary/aromatic N) is 5. The van der Waals surface area contributed by atoms with Gasteiger partial charge in [0.05, 0.1) is 0 Å². The molecule has 0 aromatic carbocycles. The monoisotopic (exact) mass is 529 g/mol. The van der Waals surface area contributed by atoms with Crippen molar-refractivity contribution in [3.05, 3.63) is 6.33 Å². The van der Waals surface area contributed by atoms with Crippen molar-refractivity contribution in [2.24, 2.45) is 11.8 Å². The maximum Gasteiger partial charge on any atom is 0.227 e. The van der Waals surface area contributed by atoms with E-state index in [1.54, 1.807) is 6.33 Å². The molecule has 0 aliphatic carbocycles. The summed E-state index contributed by atoms with van der Waals surface area (Å²) in [6.07, 6.45) is 14.2. The van der Waals surface area contributed by atoms with Crippen molar-refractivity contribution in [1.29, 1.82) is 0 Å². The maximum atomic E-state index is 4.59. The Labute approximate surface area is 234 Å². The number of hydrogen-bond donors (Lipinski definition) is 2. The van der Waals surface area contributed by atoms with Crippen LogP contribution in [0.25, 0.3) is 0 Å². The van der Waals surface area contributed by atoms with Gasteiger partial charge in [0.1, 0.15) is 6.33 Å². The minimum Gasteiger partial charge on any atom is -0.354 e. The highest BCUT2D eigenvalue weighted by Gasteiger charge is 2.43. The Morgan fingerprint density at radius 1 is 0.632 bits per heavy atom. The van der Waals surface area contributed by atoms with Gasteiger partial charge in [-0.1, -0.05) is 25.7 Å². The van der Waals surface area contributed by atoms with Crippen LogP contribution in [-0.4, -0.2) is 74.1 Å². The molecule has 0 bridgehead atoms. The molecule has 1 aromatic rings. The van der Waals surface area contributed by atoms with E-state index in [1.807, 2.05) is 0 Å². The highest BCUT2D eigenvalue weighted by Crippen LogP contribution is 2.43. The molecule has 7 heteroatoms. The van der Waals surface area contributed by atoms with E-state index in [2.05, 4.69) is 105 Å². The molecule has 38 heavy (non-hydrogen) atoms. The molecule has 218 valence electrons. The number of anilines is 2. The summed E-state index contributed by atoms with van der Waals surface area (Å²) in [5, 5.41) is 6.82. The highest BCUT2D eigenvalue weighted by atomic mass is 15.2. The second kappa shape index (κ2) is 12.4. The van der Waals surface area contributed by atoms with Crippen LogP contribution in [0.5, 0.6) is 0 Å². The third kappa shape index (κ3) is 8.27. The zero-order valence-corrected chi connectivity index (χ0v) is 26.5. The van der Waals surface area contributed by atoms with Crippen molar-refractivity contribution < 1.29 is 0 Å². The molecule has 0 spiro atoms. The molecule has 2 aliphatic rings. The van der Waals surface area contributed by atoms with Crippen LogP contribution in [0, 0.1) is 11.8 Å². The zero-order valence-electron chi connectivity index (χ0n) is 26.5. The molecule has 7 nitrogen and oxygen atoms in total. The number of likely N-dealkylation sites (tertiary alicyclic amines) is 2. The van der Waals surface area contributed by atoms with E-state index in [-0.39, 0.29) is 22.2 Å². The SMILES string of the molecule is CN1C(C)(C)CC(CCCCNc2ncnc(NCCCCC3CC(C)(C)N(C)C(C)(C)C3)n2)CC1(C)C. The number of nitrogens with one attached hydrogen (secondary N) is 2. The molecule has 0 atom stereocenters. The summed E-state index contributed by atoms with van der Waals surface area (Å²) in [5.41, 5.74) is 1.11. The van der Waals surface area contributed by atoms with Gasteiger partial charge in [-0.05, 0) is 120 Å². The average Bonchev–Trinajstić information content (AvgIpc) is 2.80. The van der Waals surface area contributed by atoms with Crippen LogP contribution in [-0.2, 0) is 0 Å². The molecule has 0 amide bonds. The molecule has 1 aromatic heterocycles. The molecule has 3 heterocycles. The fourth-order valence-electron chi connectivity index (χ4n) is 7.55. The lowest BCUT2D eigenvalue weighted by Gasteiger charge is -2.54. The number of piperidine rings is 2. The first-order chi connectivity index (χ1) is 17.6. The van der Waals surface area contributed by atoms with Crippen LogP contribution in [0.4, 0.5) is 11.9 Å². The standard InChI is InChI=1S/C31H59N7/c1-28(2)19-24(20-29(3,4)37(28)9)15-11-13-17-32-26-34-23-35-27(36-26)33-18-14-12-16-25-21-30(5,6)38(10)31(7,8)22-25/h23-25H,11-22H2,1-10H3,(H2,32,33,34,35,36). The smallest absolute Gasteiger partial charge is 0.227 e. The topological polar surface area (TPSA) is 69.2 Å². The molecule has 3 rings (SSSR count). The Morgan fingerprint density at radius 2 is 0.974 bits per heavy atom. The first-order valence-electron chi connectivity index (χ1n) is 15.3. The number of unbranched alkanes of at least 4 members (excludes halogenated alkanes) is 2. The van der Waals surface area contributed by atoms with E-state index < -0.39 is 0 Å². The lowest BCUT2D eigenvalue weighted by atomic mass is 9.72. The molecular formula is C31H59N7. The summed E-state index contributed by atoms with van der Waals surface area (Å²) in [4.78, 5) is 18.4. The Morgan fingerprint density at radius 3 is 1.32 bits per heavy atom. The number of rotatable bonds is 12. The van der Waals surface area contributed by atoms with Crippen molar-refractivity contribution in [2.75, 3.05) is 37.8 Å². The first-order valence-corrected chi connectivity index (χ1v) is 15.3. The Kier molecular flexibility index (Phi) is 10.1. The van der Waals surface area contributed by atoms with Gasteiger partial charge in [-0.25, -0.2) is 9.97 Å². The summed E-state index contributed by atoms with van der Waals surface area (Å²) in [6, 6.07) is 0. The quantitative estimate of drug-likeness (QED) is 0.287. The largest absolute Gasteiger partial charge is 0.354 e. The van der Waals surface area contributed by atoms with Crippen LogP contribution in [0.15, 0.2) is 6.33 Å². The minimum absolute atomic E-state index is 0.277. The lowest BCUT2D eigenvalue weighted by molar-refractivity contribution is -0.0323. The Hall–Kier alpha value is -1.47. The van der Waals surface area contributed by atoms with Crippen molar-refractivity contribution >= 4 is 11.9 Å². The van der Waals surface area contributed by atoms with Gasteiger partial charge in [0, 0.05) is 35.2 Å². The average molecular weight is 530 g/mol.